The van der Waals surface area contributed by atoms with Crippen molar-refractivity contribution in [2.45, 2.75) is 64.7 Å². The van der Waals surface area contributed by atoms with Crippen LogP contribution in [0.3, 0.4) is 0 Å². The fourth-order valence-corrected chi connectivity index (χ4v) is 4.92. The maximum Gasteiger partial charge on any atom is 0.309 e. The van der Waals surface area contributed by atoms with E-state index in [0.29, 0.717) is 18.9 Å². The molecule has 2 unspecified atom stereocenters. The first kappa shape index (κ1) is 22.4. The smallest absolute Gasteiger partial charge is 0.309 e. The molecule has 5 nitrogen and oxygen atoms in total. The third-order valence-corrected chi connectivity index (χ3v) is 6.62. The molecule has 0 fully saturated rings. The summed E-state index contributed by atoms with van der Waals surface area (Å²) in [4.78, 5) is 16.9. The summed E-state index contributed by atoms with van der Waals surface area (Å²) in [5, 5.41) is 0. The molecule has 2 aromatic rings. The van der Waals surface area contributed by atoms with Crippen molar-refractivity contribution in [1.82, 2.24) is 4.98 Å². The Morgan fingerprint density at radius 2 is 2.16 bits per heavy atom. The number of oxazole rings is 1. The predicted molar refractivity (Wildman–Crippen MR) is 125 cm³/mol. The van der Waals surface area contributed by atoms with E-state index in [9.17, 15) is 4.79 Å². The van der Waals surface area contributed by atoms with Crippen molar-refractivity contribution in [2.75, 3.05) is 13.7 Å². The molecule has 1 aromatic carbocycles. The summed E-state index contributed by atoms with van der Waals surface area (Å²) >= 11 is 0. The number of esters is 1. The lowest BCUT2D eigenvalue weighted by Crippen LogP contribution is -2.21. The highest BCUT2D eigenvalue weighted by Gasteiger charge is 2.34. The van der Waals surface area contributed by atoms with Crippen LogP contribution in [-0.2, 0) is 28.8 Å². The highest BCUT2D eigenvalue weighted by molar-refractivity contribution is 5.74. The third kappa shape index (κ3) is 4.67. The summed E-state index contributed by atoms with van der Waals surface area (Å²) in [7, 11) is 1.47. The van der Waals surface area contributed by atoms with Gasteiger partial charge in [-0.05, 0) is 61.3 Å². The van der Waals surface area contributed by atoms with Crippen molar-refractivity contribution < 1.29 is 18.7 Å². The first-order valence-electron chi connectivity index (χ1n) is 11.8. The van der Waals surface area contributed by atoms with E-state index in [1.807, 2.05) is 6.07 Å². The zero-order valence-electron chi connectivity index (χ0n) is 19.4. The third-order valence-electron chi connectivity index (χ3n) is 6.62. The molecule has 0 saturated carbocycles. The highest BCUT2D eigenvalue weighted by atomic mass is 16.5. The summed E-state index contributed by atoms with van der Waals surface area (Å²) in [6.07, 6.45) is 12.8. The standard InChI is InChI=1S/C27H33NO4/c1-4-21(27(29)30-3)23-13-11-19-17-20(12-14-22(19)23)31-16-15-24-25(5-2)32-26(28-24)18-9-7-6-8-10-18/h7,9-10,12,14,17,21,23H,4-6,8,11,13,15-16H2,1-3H3. The van der Waals surface area contributed by atoms with E-state index in [1.165, 1.54) is 18.2 Å². The van der Waals surface area contributed by atoms with Gasteiger partial charge in [-0.3, -0.25) is 4.79 Å². The van der Waals surface area contributed by atoms with Gasteiger partial charge in [0.05, 0.1) is 25.3 Å². The number of allylic oxidation sites excluding steroid dienone is 4. The zero-order valence-corrected chi connectivity index (χ0v) is 19.4. The largest absolute Gasteiger partial charge is 0.493 e. The van der Waals surface area contributed by atoms with E-state index in [0.717, 1.165) is 61.3 Å². The van der Waals surface area contributed by atoms with Crippen LogP contribution in [0.2, 0.25) is 0 Å². The number of aromatic nitrogens is 1. The molecule has 4 rings (SSSR count). The van der Waals surface area contributed by atoms with E-state index in [-0.39, 0.29) is 17.8 Å². The SMILES string of the molecule is CCc1oc(C2=CCCC=C2)nc1CCOc1ccc2c(c1)CCC2C(CC)C(=O)OC. The molecule has 0 spiro atoms. The second-order valence-corrected chi connectivity index (χ2v) is 8.52. The van der Waals surface area contributed by atoms with Crippen LogP contribution in [0, 0.1) is 5.92 Å². The fraction of sp³-hybridized carbons (Fsp3) is 0.481. The van der Waals surface area contributed by atoms with Gasteiger partial charge in [-0.15, -0.1) is 0 Å². The number of ether oxygens (including phenoxy) is 2. The van der Waals surface area contributed by atoms with Crippen LogP contribution in [0.25, 0.3) is 5.57 Å². The van der Waals surface area contributed by atoms with Crippen molar-refractivity contribution in [3.63, 3.8) is 0 Å². The van der Waals surface area contributed by atoms with Crippen LogP contribution in [0.4, 0.5) is 0 Å². The molecule has 0 radical (unpaired) electrons. The average molecular weight is 436 g/mol. The molecular formula is C27H33NO4. The molecule has 2 aliphatic rings. The number of methoxy groups -OCH3 is 1. The van der Waals surface area contributed by atoms with Gasteiger partial charge < -0.3 is 13.9 Å². The summed E-state index contributed by atoms with van der Waals surface area (Å²) in [6.45, 7) is 4.70. The molecule has 2 atom stereocenters. The number of carbonyl (C=O) groups excluding carboxylic acids is 1. The first-order valence-corrected chi connectivity index (χ1v) is 11.8. The Labute approximate surface area is 190 Å². The number of hydrogen-bond donors (Lipinski definition) is 0. The topological polar surface area (TPSA) is 61.6 Å². The normalized spacial score (nSPS) is 18.2. The lowest BCUT2D eigenvalue weighted by Gasteiger charge is -2.21. The Kier molecular flexibility index (Phi) is 7.13. The van der Waals surface area contributed by atoms with Crippen LogP contribution in [0.5, 0.6) is 5.75 Å². The molecule has 1 heterocycles. The van der Waals surface area contributed by atoms with Gasteiger partial charge in [0.15, 0.2) is 0 Å². The summed E-state index contributed by atoms with van der Waals surface area (Å²) in [5.74, 6) is 2.58. The van der Waals surface area contributed by atoms with Crippen LogP contribution < -0.4 is 4.74 Å². The van der Waals surface area contributed by atoms with Gasteiger partial charge in [-0.1, -0.05) is 38.1 Å². The van der Waals surface area contributed by atoms with Crippen molar-refractivity contribution in [3.05, 3.63) is 64.9 Å². The molecule has 32 heavy (non-hydrogen) atoms. The molecule has 5 heteroatoms. The van der Waals surface area contributed by atoms with Gasteiger partial charge in [0.25, 0.3) is 0 Å². The Bertz CT molecular complexity index is 1020. The highest BCUT2D eigenvalue weighted by Crippen LogP contribution is 2.41. The van der Waals surface area contributed by atoms with Crippen molar-refractivity contribution in [2.24, 2.45) is 5.92 Å². The monoisotopic (exact) mass is 435 g/mol. The van der Waals surface area contributed by atoms with Crippen LogP contribution >= 0.6 is 0 Å². The molecule has 1 aromatic heterocycles. The van der Waals surface area contributed by atoms with Gasteiger partial charge in [0, 0.05) is 18.4 Å². The Morgan fingerprint density at radius 3 is 2.88 bits per heavy atom. The molecule has 170 valence electrons. The summed E-state index contributed by atoms with van der Waals surface area (Å²) < 4.78 is 17.1. The Morgan fingerprint density at radius 1 is 1.28 bits per heavy atom. The molecule has 0 saturated heterocycles. The van der Waals surface area contributed by atoms with E-state index in [2.05, 4.69) is 44.2 Å². The minimum atomic E-state index is -0.108. The van der Waals surface area contributed by atoms with E-state index < -0.39 is 0 Å². The second kappa shape index (κ2) is 10.2. The number of benzene rings is 1. The summed E-state index contributed by atoms with van der Waals surface area (Å²) in [6, 6.07) is 6.28. The van der Waals surface area contributed by atoms with Gasteiger partial charge in [0.2, 0.25) is 5.89 Å². The van der Waals surface area contributed by atoms with E-state index in [1.54, 1.807) is 0 Å². The number of fused-ring (bicyclic) bond motifs is 1. The molecular weight excluding hydrogens is 402 g/mol. The van der Waals surface area contributed by atoms with E-state index >= 15 is 0 Å². The number of rotatable bonds is 9. The maximum atomic E-state index is 12.2. The fourth-order valence-electron chi connectivity index (χ4n) is 4.92. The predicted octanol–water partition coefficient (Wildman–Crippen LogP) is 5.82. The average Bonchev–Trinajstić information content (AvgIpc) is 3.44. The second-order valence-electron chi connectivity index (χ2n) is 8.52. The Balaban J connectivity index is 1.39. The number of nitrogens with zero attached hydrogens (tertiary/aromatic N) is 1. The van der Waals surface area contributed by atoms with Gasteiger partial charge >= 0.3 is 5.97 Å². The lowest BCUT2D eigenvalue weighted by atomic mass is 9.85. The number of aryl methyl sites for hydroxylation is 2. The zero-order chi connectivity index (χ0) is 22.5. The first-order chi connectivity index (χ1) is 15.6. The Hall–Kier alpha value is -2.82. The van der Waals surface area contributed by atoms with Gasteiger partial charge in [0.1, 0.15) is 11.5 Å². The minimum absolute atomic E-state index is 0.0732. The van der Waals surface area contributed by atoms with Crippen LogP contribution in [0.1, 0.15) is 73.9 Å². The minimum Gasteiger partial charge on any atom is -0.493 e. The van der Waals surface area contributed by atoms with Crippen molar-refractivity contribution >= 4 is 11.5 Å². The lowest BCUT2D eigenvalue weighted by molar-refractivity contribution is -0.146. The van der Waals surface area contributed by atoms with Gasteiger partial charge in [-0.2, -0.15) is 0 Å². The number of hydrogen-bond acceptors (Lipinski definition) is 5. The molecule has 0 amide bonds. The van der Waals surface area contributed by atoms with Gasteiger partial charge in [-0.25, -0.2) is 4.98 Å². The molecule has 0 bridgehead atoms. The molecule has 0 N–H and O–H groups in total. The summed E-state index contributed by atoms with van der Waals surface area (Å²) in [5.41, 5.74) is 4.60. The quantitative estimate of drug-likeness (QED) is 0.464. The molecule has 0 aliphatic heterocycles. The molecule has 2 aliphatic carbocycles. The van der Waals surface area contributed by atoms with Crippen molar-refractivity contribution in [3.8, 4) is 5.75 Å². The maximum absolute atomic E-state index is 12.2. The van der Waals surface area contributed by atoms with Crippen LogP contribution in [0.15, 0.2) is 40.8 Å². The van der Waals surface area contributed by atoms with Crippen LogP contribution in [-0.4, -0.2) is 24.7 Å². The van der Waals surface area contributed by atoms with E-state index in [4.69, 9.17) is 18.9 Å². The number of carbonyl (C=O) groups is 1. The van der Waals surface area contributed by atoms with Crippen molar-refractivity contribution in [1.29, 1.82) is 0 Å².